The summed E-state index contributed by atoms with van der Waals surface area (Å²) >= 11 is 0. The molecule has 3 heteroatoms. The monoisotopic (exact) mass is 120 g/mol. The van der Waals surface area contributed by atoms with Crippen LogP contribution in [-0.2, 0) is 9.74 Å². The number of carbonyl (C=O) groups excluding carboxylic acids is 1. The van der Waals surface area contributed by atoms with Crippen molar-refractivity contribution in [2.45, 2.75) is 25.9 Å². The quantitative estimate of drug-likeness (QED) is 0.522. The zero-order chi connectivity index (χ0) is 6.41. The van der Waals surface area contributed by atoms with Crippen molar-refractivity contribution in [3.63, 3.8) is 0 Å². The first kappa shape index (κ1) is 7.56. The molecule has 0 N–H and O–H groups in total. The van der Waals surface area contributed by atoms with Gasteiger partial charge in [-0.1, -0.05) is 0 Å². The van der Waals surface area contributed by atoms with E-state index in [1.54, 1.807) is 6.92 Å². The fourth-order valence-corrected chi connectivity index (χ4v) is 0.347. The van der Waals surface area contributed by atoms with Gasteiger partial charge in [0.1, 0.15) is 6.29 Å². The van der Waals surface area contributed by atoms with Gasteiger partial charge in [0.2, 0.25) is 0 Å². The van der Waals surface area contributed by atoms with Crippen LogP contribution in [0.4, 0.5) is 4.53 Å². The molecule has 0 heterocycles. The summed E-state index contributed by atoms with van der Waals surface area (Å²) in [5.41, 5.74) is 0. The summed E-state index contributed by atoms with van der Waals surface area (Å²) in [6.45, 7) is 1.57. The summed E-state index contributed by atoms with van der Waals surface area (Å²) in [7, 11) is 0. The Bertz CT molecular complexity index is 65.4. The van der Waals surface area contributed by atoms with Gasteiger partial charge >= 0.3 is 0 Å². The summed E-state index contributed by atoms with van der Waals surface area (Å²) in [4.78, 5) is 13.0. The Kier molecular flexibility index (Phi) is 4.45. The maximum atomic E-state index is 11.1. The SMILES string of the molecule is CC(CCC=O)OF. The van der Waals surface area contributed by atoms with E-state index in [4.69, 9.17) is 0 Å². The van der Waals surface area contributed by atoms with Crippen molar-refractivity contribution in [2.75, 3.05) is 0 Å². The molecule has 0 saturated heterocycles. The van der Waals surface area contributed by atoms with Crippen LogP contribution in [0.5, 0.6) is 0 Å². The van der Waals surface area contributed by atoms with Crippen LogP contribution < -0.4 is 0 Å². The van der Waals surface area contributed by atoms with E-state index in [1.807, 2.05) is 0 Å². The van der Waals surface area contributed by atoms with Crippen molar-refractivity contribution in [1.82, 2.24) is 0 Å². The highest BCUT2D eigenvalue weighted by Crippen LogP contribution is 1.98. The van der Waals surface area contributed by atoms with E-state index in [2.05, 4.69) is 4.94 Å². The van der Waals surface area contributed by atoms with Gasteiger partial charge in [0.25, 0.3) is 0 Å². The molecular weight excluding hydrogens is 111 g/mol. The van der Waals surface area contributed by atoms with Gasteiger partial charge in [0.15, 0.2) is 0 Å². The lowest BCUT2D eigenvalue weighted by Gasteiger charge is -1.98. The number of hydrogen-bond donors (Lipinski definition) is 0. The second-order valence-electron chi connectivity index (χ2n) is 1.64. The minimum Gasteiger partial charge on any atom is -0.303 e. The van der Waals surface area contributed by atoms with Crippen molar-refractivity contribution in [1.29, 1.82) is 0 Å². The highest BCUT2D eigenvalue weighted by molar-refractivity contribution is 5.49. The van der Waals surface area contributed by atoms with E-state index in [0.717, 1.165) is 6.29 Å². The molecule has 0 bridgehead atoms. The molecule has 0 aliphatic heterocycles. The zero-order valence-corrected chi connectivity index (χ0v) is 4.76. The Hall–Kier alpha value is -0.440. The molecule has 1 atom stereocenters. The van der Waals surface area contributed by atoms with E-state index >= 15 is 0 Å². The molecule has 48 valence electrons. The van der Waals surface area contributed by atoms with Crippen LogP contribution in [-0.4, -0.2) is 12.4 Å². The van der Waals surface area contributed by atoms with Crippen LogP contribution in [0.3, 0.4) is 0 Å². The molecule has 0 amide bonds. The Morgan fingerprint density at radius 3 is 2.88 bits per heavy atom. The number of aldehydes is 1. The summed E-state index contributed by atoms with van der Waals surface area (Å²) in [5, 5.41) is 0. The number of hydrogen-bond acceptors (Lipinski definition) is 2. The summed E-state index contributed by atoms with van der Waals surface area (Å²) < 4.78 is 11.1. The predicted molar refractivity (Wildman–Crippen MR) is 27.0 cm³/mol. The molecule has 0 aromatic rings. The molecule has 0 aromatic heterocycles. The molecular formula is C5H9FO2. The van der Waals surface area contributed by atoms with Crippen LogP contribution in [0.15, 0.2) is 0 Å². The fraction of sp³-hybridized carbons (Fsp3) is 0.800. The summed E-state index contributed by atoms with van der Waals surface area (Å²) in [6, 6.07) is 0. The third-order valence-electron chi connectivity index (χ3n) is 0.843. The second kappa shape index (κ2) is 4.71. The first-order valence-electron chi connectivity index (χ1n) is 2.52. The van der Waals surface area contributed by atoms with E-state index in [1.165, 1.54) is 0 Å². The van der Waals surface area contributed by atoms with E-state index < -0.39 is 6.10 Å². The van der Waals surface area contributed by atoms with Gasteiger partial charge in [0, 0.05) is 6.42 Å². The highest BCUT2D eigenvalue weighted by atomic mass is 19.3. The van der Waals surface area contributed by atoms with Crippen LogP contribution in [0.1, 0.15) is 19.8 Å². The van der Waals surface area contributed by atoms with Crippen molar-refractivity contribution in [3.05, 3.63) is 0 Å². The average molecular weight is 120 g/mol. The number of halogens is 1. The molecule has 0 aliphatic rings. The van der Waals surface area contributed by atoms with Gasteiger partial charge in [-0.15, -0.1) is 0 Å². The van der Waals surface area contributed by atoms with Gasteiger partial charge in [-0.05, 0) is 17.9 Å². The lowest BCUT2D eigenvalue weighted by molar-refractivity contribution is -0.174. The van der Waals surface area contributed by atoms with Crippen LogP contribution in [0.25, 0.3) is 0 Å². The molecule has 0 spiro atoms. The Labute approximate surface area is 47.5 Å². The van der Waals surface area contributed by atoms with Gasteiger partial charge in [-0.25, -0.2) is 0 Å². The van der Waals surface area contributed by atoms with Crippen molar-refractivity contribution in [2.24, 2.45) is 0 Å². The topological polar surface area (TPSA) is 26.3 Å². The highest BCUT2D eigenvalue weighted by Gasteiger charge is 1.98. The molecule has 0 fully saturated rings. The van der Waals surface area contributed by atoms with Gasteiger partial charge < -0.3 is 4.79 Å². The molecule has 0 saturated carbocycles. The van der Waals surface area contributed by atoms with Crippen LogP contribution >= 0.6 is 0 Å². The van der Waals surface area contributed by atoms with Crippen molar-refractivity contribution in [3.8, 4) is 0 Å². The predicted octanol–water partition coefficient (Wildman–Crippen LogP) is 1.26. The molecule has 0 aromatic carbocycles. The maximum Gasteiger partial charge on any atom is 0.120 e. The van der Waals surface area contributed by atoms with Crippen LogP contribution in [0.2, 0.25) is 0 Å². The first-order chi connectivity index (χ1) is 3.81. The Morgan fingerprint density at radius 1 is 1.88 bits per heavy atom. The van der Waals surface area contributed by atoms with Crippen LogP contribution in [0, 0.1) is 0 Å². The Morgan fingerprint density at radius 2 is 2.50 bits per heavy atom. The van der Waals surface area contributed by atoms with E-state index in [9.17, 15) is 9.32 Å². The summed E-state index contributed by atoms with van der Waals surface area (Å²) in [5.74, 6) is 0. The van der Waals surface area contributed by atoms with Gasteiger partial charge in [-0.3, -0.25) is 0 Å². The van der Waals surface area contributed by atoms with Crippen molar-refractivity contribution >= 4 is 6.29 Å². The minimum atomic E-state index is -0.444. The minimum absolute atomic E-state index is 0.366. The smallest absolute Gasteiger partial charge is 0.120 e. The lowest BCUT2D eigenvalue weighted by atomic mass is 10.2. The molecule has 0 rings (SSSR count). The third kappa shape index (κ3) is 3.74. The molecule has 2 nitrogen and oxygen atoms in total. The number of rotatable bonds is 4. The fourth-order valence-electron chi connectivity index (χ4n) is 0.347. The maximum absolute atomic E-state index is 11.1. The number of carbonyl (C=O) groups is 1. The molecule has 0 radical (unpaired) electrons. The van der Waals surface area contributed by atoms with E-state index in [0.29, 0.717) is 12.8 Å². The van der Waals surface area contributed by atoms with Crippen molar-refractivity contribution < 1.29 is 14.3 Å². The van der Waals surface area contributed by atoms with E-state index in [-0.39, 0.29) is 0 Å². The zero-order valence-electron chi connectivity index (χ0n) is 4.76. The molecule has 8 heavy (non-hydrogen) atoms. The Balaban J connectivity index is 2.97. The third-order valence-corrected chi connectivity index (χ3v) is 0.843. The van der Waals surface area contributed by atoms with Gasteiger partial charge in [0.05, 0.1) is 6.10 Å². The summed E-state index contributed by atoms with van der Waals surface area (Å²) in [6.07, 6.45) is 1.13. The molecule has 1 unspecified atom stereocenters. The normalized spacial score (nSPS) is 13.2. The standard InChI is InChI=1S/C5H9FO2/c1-5(8-6)3-2-4-7/h4-5H,2-3H2,1H3. The molecule has 0 aliphatic carbocycles. The average Bonchev–Trinajstić information content (AvgIpc) is 1.83. The lowest BCUT2D eigenvalue weighted by Crippen LogP contribution is -2.01. The second-order valence-corrected chi connectivity index (χ2v) is 1.64. The first-order valence-corrected chi connectivity index (χ1v) is 2.52. The van der Waals surface area contributed by atoms with Gasteiger partial charge in [-0.2, -0.15) is 4.94 Å². The largest absolute Gasteiger partial charge is 0.303 e.